The highest BCUT2D eigenvalue weighted by molar-refractivity contribution is 5.89. The zero-order valence-corrected chi connectivity index (χ0v) is 15.9. The Morgan fingerprint density at radius 1 is 1.15 bits per heavy atom. The Labute approximate surface area is 154 Å². The topological polar surface area (TPSA) is 79.4 Å². The lowest BCUT2D eigenvalue weighted by Gasteiger charge is -2.12. The molecule has 0 spiro atoms. The van der Waals surface area contributed by atoms with Crippen molar-refractivity contribution in [1.29, 1.82) is 0 Å². The predicted octanol–water partition coefficient (Wildman–Crippen LogP) is 3.07. The smallest absolute Gasteiger partial charge is 0.338 e. The first-order valence-electron chi connectivity index (χ1n) is 8.76. The standard InChI is InChI=1S/C19H27N5O2/c1-5-26-19(25)15-7-9-16(10-8-15)23-18-13-17(21-14(2)22-18)20-11-6-12-24(3)4/h7-10,13H,5-6,11-12H2,1-4H3,(H2,20,21,22,23). The van der Waals surface area contributed by atoms with Crippen LogP contribution in [0.2, 0.25) is 0 Å². The zero-order valence-electron chi connectivity index (χ0n) is 15.9. The number of aryl methyl sites for hydroxylation is 1. The molecule has 0 bridgehead atoms. The average Bonchev–Trinajstić information content (AvgIpc) is 2.59. The molecule has 140 valence electrons. The highest BCUT2D eigenvalue weighted by Crippen LogP contribution is 2.18. The molecule has 7 heteroatoms. The summed E-state index contributed by atoms with van der Waals surface area (Å²) in [6.07, 6.45) is 1.04. The minimum absolute atomic E-state index is 0.318. The Kier molecular flexibility index (Phi) is 7.35. The zero-order chi connectivity index (χ0) is 18.9. The fourth-order valence-electron chi connectivity index (χ4n) is 2.39. The lowest BCUT2D eigenvalue weighted by Crippen LogP contribution is -2.16. The van der Waals surface area contributed by atoms with Gasteiger partial charge in [0.25, 0.3) is 0 Å². The average molecular weight is 357 g/mol. The lowest BCUT2D eigenvalue weighted by molar-refractivity contribution is 0.0526. The molecule has 0 aliphatic rings. The van der Waals surface area contributed by atoms with Crippen LogP contribution >= 0.6 is 0 Å². The lowest BCUT2D eigenvalue weighted by atomic mass is 10.2. The highest BCUT2D eigenvalue weighted by Gasteiger charge is 2.07. The molecule has 0 unspecified atom stereocenters. The molecule has 0 aliphatic carbocycles. The predicted molar refractivity (Wildman–Crippen MR) is 104 cm³/mol. The molecule has 1 aromatic heterocycles. The summed E-state index contributed by atoms with van der Waals surface area (Å²) >= 11 is 0. The molecule has 0 saturated carbocycles. The Balaban J connectivity index is 1.99. The third-order valence-electron chi connectivity index (χ3n) is 3.59. The third-order valence-corrected chi connectivity index (χ3v) is 3.59. The molecule has 7 nitrogen and oxygen atoms in total. The van der Waals surface area contributed by atoms with Gasteiger partial charge in [-0.05, 0) is 65.2 Å². The van der Waals surface area contributed by atoms with Crippen molar-refractivity contribution in [3.8, 4) is 0 Å². The second-order valence-electron chi connectivity index (χ2n) is 6.19. The molecule has 0 radical (unpaired) electrons. The van der Waals surface area contributed by atoms with Crippen LogP contribution in [0, 0.1) is 6.92 Å². The van der Waals surface area contributed by atoms with E-state index < -0.39 is 0 Å². The van der Waals surface area contributed by atoms with Crippen molar-refractivity contribution >= 4 is 23.3 Å². The Hall–Kier alpha value is -2.67. The molecule has 0 aliphatic heterocycles. The molecule has 26 heavy (non-hydrogen) atoms. The van der Waals surface area contributed by atoms with E-state index in [0.717, 1.165) is 31.0 Å². The summed E-state index contributed by atoms with van der Waals surface area (Å²) in [6, 6.07) is 8.99. The summed E-state index contributed by atoms with van der Waals surface area (Å²) in [6.45, 7) is 5.89. The minimum atomic E-state index is -0.318. The molecule has 2 N–H and O–H groups in total. The van der Waals surface area contributed by atoms with E-state index >= 15 is 0 Å². The number of carbonyl (C=O) groups is 1. The quantitative estimate of drug-likeness (QED) is 0.527. The van der Waals surface area contributed by atoms with Crippen LogP contribution in [0.3, 0.4) is 0 Å². The van der Waals surface area contributed by atoms with Gasteiger partial charge in [-0.2, -0.15) is 0 Å². The first kappa shape index (κ1) is 19.7. The van der Waals surface area contributed by atoms with E-state index in [1.165, 1.54) is 0 Å². The van der Waals surface area contributed by atoms with Crippen LogP contribution < -0.4 is 10.6 Å². The van der Waals surface area contributed by atoms with Gasteiger partial charge in [0.2, 0.25) is 0 Å². The van der Waals surface area contributed by atoms with Crippen LogP contribution in [0.5, 0.6) is 0 Å². The molecule has 1 heterocycles. The summed E-state index contributed by atoms with van der Waals surface area (Å²) in [4.78, 5) is 22.7. The van der Waals surface area contributed by atoms with Gasteiger partial charge in [-0.3, -0.25) is 0 Å². The summed E-state index contributed by atoms with van der Waals surface area (Å²) in [5, 5.41) is 6.57. The first-order valence-corrected chi connectivity index (χ1v) is 8.76. The van der Waals surface area contributed by atoms with Crippen LogP contribution in [0.4, 0.5) is 17.3 Å². The number of hydrogen-bond acceptors (Lipinski definition) is 7. The maximum atomic E-state index is 11.7. The number of aromatic nitrogens is 2. The normalized spacial score (nSPS) is 10.7. The fourth-order valence-corrected chi connectivity index (χ4v) is 2.39. The van der Waals surface area contributed by atoms with Gasteiger partial charge in [-0.1, -0.05) is 0 Å². The molecule has 0 saturated heterocycles. The second-order valence-corrected chi connectivity index (χ2v) is 6.19. The highest BCUT2D eigenvalue weighted by atomic mass is 16.5. The van der Waals surface area contributed by atoms with Gasteiger partial charge in [-0.25, -0.2) is 14.8 Å². The van der Waals surface area contributed by atoms with Crippen LogP contribution in [0.1, 0.15) is 29.5 Å². The van der Waals surface area contributed by atoms with E-state index in [1.807, 2.05) is 25.1 Å². The SMILES string of the molecule is CCOC(=O)c1ccc(Nc2cc(NCCCN(C)C)nc(C)n2)cc1. The molecular formula is C19H27N5O2. The van der Waals surface area contributed by atoms with Crippen molar-refractivity contribution in [2.45, 2.75) is 20.3 Å². The number of carbonyl (C=O) groups excluding carboxylic acids is 1. The van der Waals surface area contributed by atoms with Gasteiger partial charge in [0.15, 0.2) is 0 Å². The summed E-state index contributed by atoms with van der Waals surface area (Å²) in [5.74, 6) is 1.87. The van der Waals surface area contributed by atoms with Crippen LogP contribution in [0.15, 0.2) is 30.3 Å². The molecule has 1 aromatic carbocycles. The number of anilines is 3. The van der Waals surface area contributed by atoms with E-state index in [1.54, 1.807) is 19.1 Å². The molecule has 2 rings (SSSR count). The Morgan fingerprint density at radius 3 is 2.50 bits per heavy atom. The van der Waals surface area contributed by atoms with Crippen LogP contribution in [-0.2, 0) is 4.74 Å². The summed E-state index contributed by atoms with van der Waals surface area (Å²) in [5.41, 5.74) is 1.37. The van der Waals surface area contributed by atoms with Crippen LogP contribution in [-0.4, -0.2) is 54.6 Å². The maximum Gasteiger partial charge on any atom is 0.338 e. The van der Waals surface area contributed by atoms with E-state index in [9.17, 15) is 4.79 Å². The van der Waals surface area contributed by atoms with Gasteiger partial charge >= 0.3 is 5.97 Å². The number of nitrogens with one attached hydrogen (secondary N) is 2. The van der Waals surface area contributed by atoms with Crippen molar-refractivity contribution in [2.75, 3.05) is 44.4 Å². The number of ether oxygens (including phenoxy) is 1. The summed E-state index contributed by atoms with van der Waals surface area (Å²) in [7, 11) is 4.12. The third kappa shape index (κ3) is 6.33. The van der Waals surface area contributed by atoms with Crippen molar-refractivity contribution < 1.29 is 9.53 Å². The molecule has 0 amide bonds. The maximum absolute atomic E-state index is 11.7. The number of benzene rings is 1. The fraction of sp³-hybridized carbons (Fsp3) is 0.421. The molecule has 2 aromatic rings. The molecular weight excluding hydrogens is 330 g/mol. The Bertz CT molecular complexity index is 716. The van der Waals surface area contributed by atoms with Gasteiger partial charge < -0.3 is 20.3 Å². The van der Waals surface area contributed by atoms with Gasteiger partial charge in [0, 0.05) is 18.3 Å². The largest absolute Gasteiger partial charge is 0.462 e. The second kappa shape index (κ2) is 9.72. The van der Waals surface area contributed by atoms with Crippen molar-refractivity contribution in [3.63, 3.8) is 0 Å². The van der Waals surface area contributed by atoms with Crippen LogP contribution in [0.25, 0.3) is 0 Å². The Morgan fingerprint density at radius 2 is 1.85 bits per heavy atom. The monoisotopic (exact) mass is 357 g/mol. The first-order chi connectivity index (χ1) is 12.5. The number of hydrogen-bond donors (Lipinski definition) is 2. The van der Waals surface area contributed by atoms with E-state index in [-0.39, 0.29) is 5.97 Å². The van der Waals surface area contributed by atoms with Crippen molar-refractivity contribution in [1.82, 2.24) is 14.9 Å². The van der Waals surface area contributed by atoms with Gasteiger partial charge in [-0.15, -0.1) is 0 Å². The molecule has 0 atom stereocenters. The van der Waals surface area contributed by atoms with Crippen molar-refractivity contribution in [3.05, 3.63) is 41.7 Å². The number of rotatable bonds is 9. The summed E-state index contributed by atoms with van der Waals surface area (Å²) < 4.78 is 4.99. The molecule has 0 fully saturated rings. The van der Waals surface area contributed by atoms with E-state index in [2.05, 4.69) is 39.6 Å². The van der Waals surface area contributed by atoms with E-state index in [4.69, 9.17) is 4.74 Å². The number of nitrogens with zero attached hydrogens (tertiary/aromatic N) is 3. The minimum Gasteiger partial charge on any atom is -0.462 e. The van der Waals surface area contributed by atoms with E-state index in [0.29, 0.717) is 23.8 Å². The van der Waals surface area contributed by atoms with Crippen molar-refractivity contribution in [2.24, 2.45) is 0 Å². The number of esters is 1. The van der Waals surface area contributed by atoms with Gasteiger partial charge in [0.05, 0.1) is 12.2 Å². The van der Waals surface area contributed by atoms with Gasteiger partial charge in [0.1, 0.15) is 17.5 Å².